The Morgan fingerprint density at radius 3 is 2.92 bits per heavy atom. The zero-order chi connectivity index (χ0) is 17.5. The van der Waals surface area contributed by atoms with Crippen LogP contribution >= 0.6 is 0 Å². The van der Waals surface area contributed by atoms with Crippen LogP contribution in [0.1, 0.15) is 31.6 Å². The molecule has 1 saturated heterocycles. The third kappa shape index (κ3) is 5.03. The fourth-order valence-corrected chi connectivity index (χ4v) is 2.74. The molecular formula is C18H23N3O4. The van der Waals surface area contributed by atoms with E-state index in [1.807, 2.05) is 24.3 Å². The zero-order valence-electron chi connectivity index (χ0n) is 14.4. The van der Waals surface area contributed by atoms with Gasteiger partial charge in [-0.1, -0.05) is 5.16 Å². The number of amides is 1. The molecule has 0 bridgehead atoms. The first-order chi connectivity index (χ1) is 12.2. The second-order valence-corrected chi connectivity index (χ2v) is 6.03. The molecule has 7 heteroatoms. The van der Waals surface area contributed by atoms with Gasteiger partial charge in [-0.15, -0.1) is 0 Å². The van der Waals surface area contributed by atoms with Gasteiger partial charge in [0.05, 0.1) is 13.2 Å². The third-order valence-electron chi connectivity index (χ3n) is 4.16. The van der Waals surface area contributed by atoms with Crippen molar-refractivity contribution < 1.29 is 18.8 Å². The highest BCUT2D eigenvalue weighted by Gasteiger charge is 2.16. The molecule has 1 atom stereocenters. The average molecular weight is 345 g/mol. The van der Waals surface area contributed by atoms with Gasteiger partial charge in [0.25, 0.3) is 0 Å². The highest BCUT2D eigenvalue weighted by Crippen LogP contribution is 2.20. The van der Waals surface area contributed by atoms with Gasteiger partial charge in [-0.3, -0.25) is 4.79 Å². The van der Waals surface area contributed by atoms with Crippen molar-refractivity contribution in [2.45, 2.75) is 38.2 Å². The van der Waals surface area contributed by atoms with Gasteiger partial charge in [-0.05, 0) is 43.5 Å². The standard InChI is InChI=1S/C18H23N3O4/c1-23-14-9-7-13(8-10-14)18-20-17(25-21-18)6-2-5-16(22)19-12-15-4-3-11-24-15/h7-10,15H,2-6,11-12H2,1H3,(H,19,22)/t15-/m1/s1. The molecule has 1 aliphatic heterocycles. The number of hydrogen-bond donors (Lipinski definition) is 1. The predicted molar refractivity (Wildman–Crippen MR) is 91.2 cm³/mol. The highest BCUT2D eigenvalue weighted by atomic mass is 16.5. The molecule has 0 unspecified atom stereocenters. The normalized spacial score (nSPS) is 16.8. The van der Waals surface area contributed by atoms with Crippen LogP contribution in [0.3, 0.4) is 0 Å². The predicted octanol–water partition coefficient (Wildman–Crippen LogP) is 2.36. The molecule has 1 N–H and O–H groups in total. The number of aromatic nitrogens is 2. The number of hydrogen-bond acceptors (Lipinski definition) is 6. The average Bonchev–Trinajstić information content (AvgIpc) is 3.32. The van der Waals surface area contributed by atoms with E-state index in [-0.39, 0.29) is 12.0 Å². The molecule has 0 aliphatic carbocycles. The first-order valence-electron chi connectivity index (χ1n) is 8.60. The lowest BCUT2D eigenvalue weighted by Gasteiger charge is -2.10. The Labute approximate surface area is 146 Å². The maximum absolute atomic E-state index is 11.8. The van der Waals surface area contributed by atoms with E-state index in [0.717, 1.165) is 30.8 Å². The number of nitrogens with zero attached hydrogens (tertiary/aromatic N) is 2. The van der Waals surface area contributed by atoms with Crippen molar-refractivity contribution in [2.75, 3.05) is 20.3 Å². The summed E-state index contributed by atoms with van der Waals surface area (Å²) in [5.41, 5.74) is 0.866. The van der Waals surface area contributed by atoms with Crippen LogP contribution in [-0.4, -0.2) is 42.4 Å². The van der Waals surface area contributed by atoms with Gasteiger partial charge in [0.15, 0.2) is 0 Å². The van der Waals surface area contributed by atoms with Crippen molar-refractivity contribution >= 4 is 5.91 Å². The maximum atomic E-state index is 11.8. The summed E-state index contributed by atoms with van der Waals surface area (Å²) in [4.78, 5) is 16.2. The molecule has 0 radical (unpaired) electrons. The first-order valence-corrected chi connectivity index (χ1v) is 8.60. The first kappa shape index (κ1) is 17.4. The fourth-order valence-electron chi connectivity index (χ4n) is 2.74. The van der Waals surface area contributed by atoms with Crippen LogP contribution < -0.4 is 10.1 Å². The van der Waals surface area contributed by atoms with Crippen LogP contribution in [0.4, 0.5) is 0 Å². The Balaban J connectivity index is 1.41. The van der Waals surface area contributed by atoms with Crippen LogP contribution in [-0.2, 0) is 16.0 Å². The minimum atomic E-state index is 0.0328. The lowest BCUT2D eigenvalue weighted by Crippen LogP contribution is -2.31. The highest BCUT2D eigenvalue weighted by molar-refractivity contribution is 5.75. The second-order valence-electron chi connectivity index (χ2n) is 6.03. The quantitative estimate of drug-likeness (QED) is 0.790. The van der Waals surface area contributed by atoms with Gasteiger partial charge in [0.2, 0.25) is 17.6 Å². The minimum Gasteiger partial charge on any atom is -0.497 e. The molecule has 1 aromatic carbocycles. The Morgan fingerprint density at radius 1 is 1.36 bits per heavy atom. The number of rotatable bonds is 8. The Hall–Kier alpha value is -2.41. The van der Waals surface area contributed by atoms with Gasteiger partial charge >= 0.3 is 0 Å². The van der Waals surface area contributed by atoms with Crippen LogP contribution in [0.2, 0.25) is 0 Å². The summed E-state index contributed by atoms with van der Waals surface area (Å²) in [6.45, 7) is 1.40. The molecule has 134 valence electrons. The molecule has 25 heavy (non-hydrogen) atoms. The van der Waals surface area contributed by atoms with Crippen molar-refractivity contribution in [1.82, 2.24) is 15.5 Å². The molecule has 1 aromatic heterocycles. The van der Waals surface area contributed by atoms with Gasteiger partial charge in [-0.25, -0.2) is 0 Å². The smallest absolute Gasteiger partial charge is 0.226 e. The number of aryl methyl sites for hydroxylation is 1. The summed E-state index contributed by atoms with van der Waals surface area (Å²) in [5, 5.41) is 6.89. The van der Waals surface area contributed by atoms with E-state index < -0.39 is 0 Å². The summed E-state index contributed by atoms with van der Waals surface area (Å²) >= 11 is 0. The summed E-state index contributed by atoms with van der Waals surface area (Å²) < 4.78 is 15.9. The number of nitrogens with one attached hydrogen (secondary N) is 1. The third-order valence-corrected chi connectivity index (χ3v) is 4.16. The lowest BCUT2D eigenvalue weighted by molar-refractivity contribution is -0.121. The summed E-state index contributed by atoms with van der Waals surface area (Å²) in [6.07, 6.45) is 3.96. The van der Waals surface area contributed by atoms with Crippen LogP contribution in [0, 0.1) is 0 Å². The number of carbonyl (C=O) groups excluding carboxylic acids is 1. The van der Waals surface area contributed by atoms with E-state index in [1.165, 1.54) is 0 Å². The Bertz CT molecular complexity index is 678. The van der Waals surface area contributed by atoms with Crippen LogP contribution in [0.25, 0.3) is 11.4 Å². The fraction of sp³-hybridized carbons (Fsp3) is 0.500. The molecule has 1 amide bonds. The molecule has 1 aliphatic rings. The topological polar surface area (TPSA) is 86.5 Å². The summed E-state index contributed by atoms with van der Waals surface area (Å²) in [7, 11) is 1.62. The SMILES string of the molecule is COc1ccc(-c2noc(CCCC(=O)NC[C@H]3CCCO3)n2)cc1. The van der Waals surface area contributed by atoms with Gasteiger partial charge in [-0.2, -0.15) is 4.98 Å². The van der Waals surface area contributed by atoms with E-state index in [1.54, 1.807) is 7.11 Å². The van der Waals surface area contributed by atoms with Crippen molar-refractivity contribution in [3.05, 3.63) is 30.2 Å². The van der Waals surface area contributed by atoms with Gasteiger partial charge in [0, 0.05) is 31.6 Å². The largest absolute Gasteiger partial charge is 0.497 e. The van der Waals surface area contributed by atoms with Crippen molar-refractivity contribution in [3.63, 3.8) is 0 Å². The molecule has 2 heterocycles. The van der Waals surface area contributed by atoms with E-state index in [9.17, 15) is 4.79 Å². The monoisotopic (exact) mass is 345 g/mol. The molecule has 1 fully saturated rings. The molecule has 2 aromatic rings. The van der Waals surface area contributed by atoms with Gasteiger partial charge in [0.1, 0.15) is 5.75 Å². The molecule has 7 nitrogen and oxygen atoms in total. The van der Waals surface area contributed by atoms with E-state index >= 15 is 0 Å². The van der Waals surface area contributed by atoms with E-state index in [0.29, 0.717) is 37.5 Å². The molecule has 0 spiro atoms. The number of methoxy groups -OCH3 is 1. The summed E-state index contributed by atoms with van der Waals surface area (Å²) in [6, 6.07) is 7.46. The van der Waals surface area contributed by atoms with E-state index in [2.05, 4.69) is 15.5 Å². The number of ether oxygens (including phenoxy) is 2. The van der Waals surface area contributed by atoms with Crippen molar-refractivity contribution in [1.29, 1.82) is 0 Å². The van der Waals surface area contributed by atoms with Gasteiger partial charge < -0.3 is 19.3 Å². The van der Waals surface area contributed by atoms with Crippen molar-refractivity contribution in [2.24, 2.45) is 0 Å². The van der Waals surface area contributed by atoms with E-state index in [4.69, 9.17) is 14.0 Å². The molecule has 3 rings (SSSR count). The molecular weight excluding hydrogens is 322 g/mol. The maximum Gasteiger partial charge on any atom is 0.226 e. The second kappa shape index (κ2) is 8.62. The minimum absolute atomic E-state index is 0.0328. The van der Waals surface area contributed by atoms with Crippen molar-refractivity contribution in [3.8, 4) is 17.1 Å². The zero-order valence-corrected chi connectivity index (χ0v) is 14.4. The molecule has 0 saturated carbocycles. The van der Waals surface area contributed by atoms with Crippen LogP contribution in [0.5, 0.6) is 5.75 Å². The Kier molecular flexibility index (Phi) is 6.00. The summed E-state index contributed by atoms with van der Waals surface area (Å²) in [5.74, 6) is 1.89. The van der Waals surface area contributed by atoms with Crippen LogP contribution in [0.15, 0.2) is 28.8 Å². The number of carbonyl (C=O) groups is 1. The lowest BCUT2D eigenvalue weighted by atomic mass is 10.2. The Morgan fingerprint density at radius 2 is 2.20 bits per heavy atom. The number of benzene rings is 1.